The van der Waals surface area contributed by atoms with Gasteiger partial charge in [0, 0.05) is 29.7 Å². The van der Waals surface area contributed by atoms with Crippen molar-refractivity contribution >= 4 is 17.2 Å². The average molecular weight is 393 g/mol. The zero-order valence-electron chi connectivity index (χ0n) is 15.5. The molecule has 2 aromatic heterocycles. The minimum Gasteiger partial charge on any atom is -0.487 e. The Morgan fingerprint density at radius 3 is 2.76 bits per heavy atom. The van der Waals surface area contributed by atoms with Gasteiger partial charge in [-0.25, -0.2) is 13.8 Å². The van der Waals surface area contributed by atoms with Crippen LogP contribution in [0.25, 0.3) is 5.65 Å². The lowest BCUT2D eigenvalue weighted by Gasteiger charge is -2.08. The molecule has 0 atom stereocenters. The number of hydrogen-bond donors (Lipinski definition) is 1. The number of halogens is 2. The van der Waals surface area contributed by atoms with E-state index in [4.69, 9.17) is 4.74 Å². The molecule has 0 fully saturated rings. The Morgan fingerprint density at radius 1 is 1.07 bits per heavy atom. The molecule has 2 heterocycles. The van der Waals surface area contributed by atoms with Crippen LogP contribution in [0.4, 0.5) is 14.5 Å². The lowest BCUT2D eigenvalue weighted by atomic mass is 10.2. The number of anilines is 1. The number of nitrogens with one attached hydrogen (secondary N) is 1. The first-order valence-corrected chi connectivity index (χ1v) is 8.91. The minimum absolute atomic E-state index is 0.167. The first-order chi connectivity index (χ1) is 14.0. The third-order valence-corrected chi connectivity index (χ3v) is 4.31. The first-order valence-electron chi connectivity index (χ1n) is 8.91. The SMILES string of the molecule is Cc1ccc2nc(COc3cccc(C(=O)Nc4ccc(F)c(F)c4)c3)cn2c1. The van der Waals surface area contributed by atoms with Crippen LogP contribution in [0.1, 0.15) is 21.6 Å². The highest BCUT2D eigenvalue weighted by molar-refractivity contribution is 6.04. The Kier molecular flexibility index (Phi) is 4.95. The highest BCUT2D eigenvalue weighted by atomic mass is 19.2. The number of aryl methyl sites for hydroxylation is 1. The van der Waals surface area contributed by atoms with Crippen LogP contribution in [0.5, 0.6) is 5.75 Å². The Hall–Kier alpha value is -3.74. The van der Waals surface area contributed by atoms with E-state index in [0.717, 1.165) is 29.0 Å². The number of benzene rings is 2. The number of ether oxygens (including phenoxy) is 1. The van der Waals surface area contributed by atoms with E-state index in [1.165, 1.54) is 6.07 Å². The van der Waals surface area contributed by atoms with Gasteiger partial charge in [-0.15, -0.1) is 0 Å². The van der Waals surface area contributed by atoms with Gasteiger partial charge in [-0.1, -0.05) is 12.1 Å². The number of carbonyl (C=O) groups excluding carboxylic acids is 1. The maximum atomic E-state index is 13.3. The molecule has 7 heteroatoms. The normalized spacial score (nSPS) is 10.9. The quantitative estimate of drug-likeness (QED) is 0.532. The largest absolute Gasteiger partial charge is 0.487 e. The van der Waals surface area contributed by atoms with Crippen molar-refractivity contribution in [1.29, 1.82) is 0 Å². The van der Waals surface area contributed by atoms with Crippen molar-refractivity contribution in [3.63, 3.8) is 0 Å². The number of amides is 1. The molecule has 1 N–H and O–H groups in total. The standard InChI is InChI=1S/C22H17F2N3O2/c1-14-5-8-21-25-17(12-27(21)11-14)13-29-18-4-2-3-15(9-18)22(28)26-16-6-7-19(23)20(24)10-16/h2-12H,13H2,1H3,(H,26,28). The second kappa shape index (κ2) is 7.71. The number of fused-ring (bicyclic) bond motifs is 1. The summed E-state index contributed by atoms with van der Waals surface area (Å²) in [4.78, 5) is 16.9. The van der Waals surface area contributed by atoms with Crippen molar-refractivity contribution in [3.8, 4) is 5.75 Å². The number of nitrogens with zero attached hydrogens (tertiary/aromatic N) is 2. The monoisotopic (exact) mass is 393 g/mol. The fourth-order valence-corrected chi connectivity index (χ4v) is 2.89. The number of pyridine rings is 1. The lowest BCUT2D eigenvalue weighted by molar-refractivity contribution is 0.102. The fourth-order valence-electron chi connectivity index (χ4n) is 2.89. The Morgan fingerprint density at radius 2 is 1.93 bits per heavy atom. The van der Waals surface area contributed by atoms with Gasteiger partial charge < -0.3 is 14.5 Å². The van der Waals surface area contributed by atoms with Gasteiger partial charge in [-0.2, -0.15) is 0 Å². The van der Waals surface area contributed by atoms with Gasteiger partial charge in [-0.3, -0.25) is 4.79 Å². The predicted octanol–water partition coefficient (Wildman–Crippen LogP) is 4.75. The van der Waals surface area contributed by atoms with Crippen LogP contribution in [0.3, 0.4) is 0 Å². The molecule has 0 bridgehead atoms. The van der Waals surface area contributed by atoms with Gasteiger partial charge in [-0.05, 0) is 48.9 Å². The van der Waals surface area contributed by atoms with Gasteiger partial charge in [0.1, 0.15) is 18.0 Å². The summed E-state index contributed by atoms with van der Waals surface area (Å²) >= 11 is 0. The van der Waals surface area contributed by atoms with E-state index < -0.39 is 17.5 Å². The van der Waals surface area contributed by atoms with Crippen molar-refractivity contribution in [2.24, 2.45) is 0 Å². The number of carbonyl (C=O) groups is 1. The number of hydrogen-bond acceptors (Lipinski definition) is 3. The second-order valence-electron chi connectivity index (χ2n) is 6.60. The molecule has 0 aliphatic carbocycles. The topological polar surface area (TPSA) is 55.6 Å². The summed E-state index contributed by atoms with van der Waals surface area (Å²) < 4.78 is 34.0. The third kappa shape index (κ3) is 4.24. The first kappa shape index (κ1) is 18.6. The molecule has 0 aliphatic heterocycles. The summed E-state index contributed by atoms with van der Waals surface area (Å²) in [5, 5.41) is 2.53. The smallest absolute Gasteiger partial charge is 0.255 e. The summed E-state index contributed by atoms with van der Waals surface area (Å²) in [5.41, 5.74) is 3.21. The summed E-state index contributed by atoms with van der Waals surface area (Å²) in [6.45, 7) is 2.25. The number of aromatic nitrogens is 2. The van der Waals surface area contributed by atoms with Gasteiger partial charge in [0.15, 0.2) is 11.6 Å². The van der Waals surface area contributed by atoms with Crippen molar-refractivity contribution < 1.29 is 18.3 Å². The second-order valence-corrected chi connectivity index (χ2v) is 6.60. The molecule has 4 aromatic rings. The fraction of sp³-hybridized carbons (Fsp3) is 0.0909. The highest BCUT2D eigenvalue weighted by Crippen LogP contribution is 2.18. The predicted molar refractivity (Wildman–Crippen MR) is 105 cm³/mol. The molecule has 0 radical (unpaired) electrons. The highest BCUT2D eigenvalue weighted by Gasteiger charge is 2.10. The average Bonchev–Trinajstić information content (AvgIpc) is 3.11. The van der Waals surface area contributed by atoms with Gasteiger partial charge in [0.05, 0.1) is 5.69 Å². The van der Waals surface area contributed by atoms with Gasteiger partial charge in [0.2, 0.25) is 0 Å². The van der Waals surface area contributed by atoms with Gasteiger partial charge in [0.25, 0.3) is 5.91 Å². The summed E-state index contributed by atoms with van der Waals surface area (Å²) in [6, 6.07) is 13.7. The van der Waals surface area contributed by atoms with Crippen LogP contribution in [-0.4, -0.2) is 15.3 Å². The number of rotatable bonds is 5. The summed E-state index contributed by atoms with van der Waals surface area (Å²) in [7, 11) is 0. The molecule has 2 aromatic carbocycles. The molecular formula is C22H17F2N3O2. The van der Waals surface area contributed by atoms with E-state index in [2.05, 4.69) is 10.3 Å². The van der Waals surface area contributed by atoms with Crippen LogP contribution in [0.2, 0.25) is 0 Å². The van der Waals surface area contributed by atoms with Crippen LogP contribution in [-0.2, 0) is 6.61 Å². The Bertz CT molecular complexity index is 1200. The molecule has 29 heavy (non-hydrogen) atoms. The van der Waals surface area contributed by atoms with E-state index >= 15 is 0 Å². The number of imidazole rings is 1. The molecule has 1 amide bonds. The molecule has 0 saturated carbocycles. The van der Waals surface area contributed by atoms with E-state index in [9.17, 15) is 13.6 Å². The third-order valence-electron chi connectivity index (χ3n) is 4.31. The molecule has 146 valence electrons. The van der Waals surface area contributed by atoms with Crippen LogP contribution < -0.4 is 10.1 Å². The lowest BCUT2D eigenvalue weighted by Crippen LogP contribution is -2.12. The zero-order chi connectivity index (χ0) is 20.4. The van der Waals surface area contributed by atoms with Crippen LogP contribution in [0, 0.1) is 18.6 Å². The van der Waals surface area contributed by atoms with E-state index in [-0.39, 0.29) is 12.3 Å². The molecule has 0 unspecified atom stereocenters. The Balaban J connectivity index is 1.44. The minimum atomic E-state index is -1.03. The van der Waals surface area contributed by atoms with Crippen molar-refractivity contribution in [3.05, 3.63) is 95.4 Å². The molecule has 0 spiro atoms. The van der Waals surface area contributed by atoms with Crippen molar-refractivity contribution in [2.75, 3.05) is 5.32 Å². The van der Waals surface area contributed by atoms with E-state index in [1.807, 2.05) is 35.9 Å². The molecule has 0 saturated heterocycles. The summed E-state index contributed by atoms with van der Waals surface area (Å²) in [5.74, 6) is -1.95. The molecule has 4 rings (SSSR count). The van der Waals surface area contributed by atoms with Crippen molar-refractivity contribution in [1.82, 2.24) is 9.38 Å². The van der Waals surface area contributed by atoms with Gasteiger partial charge >= 0.3 is 0 Å². The molecule has 5 nitrogen and oxygen atoms in total. The van der Waals surface area contributed by atoms with E-state index in [0.29, 0.717) is 11.3 Å². The van der Waals surface area contributed by atoms with Crippen molar-refractivity contribution in [2.45, 2.75) is 13.5 Å². The molecular weight excluding hydrogens is 376 g/mol. The Labute approximate surface area is 165 Å². The maximum absolute atomic E-state index is 13.3. The maximum Gasteiger partial charge on any atom is 0.255 e. The molecule has 0 aliphatic rings. The summed E-state index contributed by atoms with van der Waals surface area (Å²) in [6.07, 6.45) is 3.87. The van der Waals surface area contributed by atoms with Crippen LogP contribution in [0.15, 0.2) is 67.0 Å². The van der Waals surface area contributed by atoms with E-state index in [1.54, 1.807) is 24.3 Å². The van der Waals surface area contributed by atoms with Crippen LogP contribution >= 0.6 is 0 Å². The zero-order valence-corrected chi connectivity index (χ0v) is 15.5.